The Labute approximate surface area is 177 Å². The Morgan fingerprint density at radius 3 is 2.61 bits per heavy atom. The average molecular weight is 488 g/mol. The van der Waals surface area contributed by atoms with Crippen LogP contribution in [0.2, 0.25) is 0 Å². The van der Waals surface area contributed by atoms with E-state index in [1.54, 1.807) is 36.3 Å². The fraction of sp³-hybridized carbons (Fsp3) is 0.389. The highest BCUT2D eigenvalue weighted by Gasteiger charge is 2.25. The van der Waals surface area contributed by atoms with Crippen molar-refractivity contribution in [3.63, 3.8) is 0 Å². The number of carbonyl (C=O) groups excluding carboxylic acids is 1. The molecule has 1 aromatic carbocycles. The second-order valence-electron chi connectivity index (χ2n) is 6.47. The molecule has 2 N–H and O–H groups in total. The summed E-state index contributed by atoms with van der Waals surface area (Å²) < 4.78 is 33.6. The molecule has 152 valence electrons. The average Bonchev–Trinajstić information content (AvgIpc) is 3.14. The molecule has 1 aliphatic rings. The van der Waals surface area contributed by atoms with Crippen molar-refractivity contribution in [3.8, 4) is 5.75 Å². The molecule has 1 aromatic heterocycles. The van der Waals surface area contributed by atoms with Gasteiger partial charge in [-0.2, -0.15) is 0 Å². The third-order valence-corrected chi connectivity index (χ3v) is 8.16. The maximum Gasteiger partial charge on any atom is 0.321 e. The highest BCUT2D eigenvalue weighted by molar-refractivity contribution is 9.11. The quantitative estimate of drug-likeness (QED) is 0.649. The lowest BCUT2D eigenvalue weighted by atomic mass is 9.97. The first-order valence-corrected chi connectivity index (χ1v) is 11.9. The molecule has 0 aliphatic carbocycles. The van der Waals surface area contributed by atoms with Crippen molar-refractivity contribution >= 4 is 49.0 Å². The zero-order chi connectivity index (χ0) is 20.1. The zero-order valence-electron chi connectivity index (χ0n) is 15.4. The van der Waals surface area contributed by atoms with Crippen molar-refractivity contribution in [2.45, 2.75) is 17.1 Å². The van der Waals surface area contributed by atoms with Gasteiger partial charge in [0, 0.05) is 19.6 Å². The van der Waals surface area contributed by atoms with Crippen LogP contribution in [-0.2, 0) is 10.0 Å². The summed E-state index contributed by atoms with van der Waals surface area (Å²) in [5, 5.41) is 2.87. The van der Waals surface area contributed by atoms with Gasteiger partial charge in [0.2, 0.25) is 10.0 Å². The summed E-state index contributed by atoms with van der Waals surface area (Å²) in [6.45, 7) is 1.54. The van der Waals surface area contributed by atoms with E-state index in [1.807, 2.05) is 12.1 Å². The number of anilines is 1. The summed E-state index contributed by atoms with van der Waals surface area (Å²) in [6, 6.07) is 10.4. The van der Waals surface area contributed by atoms with E-state index in [0.29, 0.717) is 35.3 Å². The number of sulfonamides is 1. The Balaban J connectivity index is 1.48. The molecule has 0 unspecified atom stereocenters. The predicted molar refractivity (Wildman–Crippen MR) is 114 cm³/mol. The normalized spacial score (nSPS) is 15.4. The molecule has 2 amide bonds. The number of carbonyl (C=O) groups is 1. The van der Waals surface area contributed by atoms with E-state index in [2.05, 4.69) is 26.0 Å². The second kappa shape index (κ2) is 9.25. The third-order valence-electron chi connectivity index (χ3n) is 4.63. The highest BCUT2D eigenvalue weighted by atomic mass is 79.9. The molecule has 0 radical (unpaired) electrons. The Morgan fingerprint density at radius 2 is 1.96 bits per heavy atom. The van der Waals surface area contributed by atoms with E-state index in [1.165, 1.54) is 11.3 Å². The first-order chi connectivity index (χ1) is 13.4. The van der Waals surface area contributed by atoms with Gasteiger partial charge in [0.25, 0.3) is 0 Å². The maximum atomic E-state index is 12.5. The van der Waals surface area contributed by atoms with Crippen molar-refractivity contribution in [2.24, 2.45) is 5.92 Å². The van der Waals surface area contributed by atoms with Crippen molar-refractivity contribution in [1.29, 1.82) is 0 Å². The Bertz CT molecular complexity index is 924. The van der Waals surface area contributed by atoms with Crippen LogP contribution < -0.4 is 14.8 Å². The largest absolute Gasteiger partial charge is 0.495 e. The highest BCUT2D eigenvalue weighted by Crippen LogP contribution is 2.27. The van der Waals surface area contributed by atoms with E-state index in [-0.39, 0.29) is 11.9 Å². The lowest BCUT2D eigenvalue weighted by Crippen LogP contribution is -2.43. The van der Waals surface area contributed by atoms with E-state index in [0.717, 1.165) is 16.6 Å². The number of hydrogen-bond donors (Lipinski definition) is 2. The number of amides is 2. The number of benzene rings is 1. The van der Waals surface area contributed by atoms with Crippen LogP contribution in [-0.4, -0.2) is 46.1 Å². The van der Waals surface area contributed by atoms with Gasteiger partial charge in [-0.3, -0.25) is 0 Å². The third kappa shape index (κ3) is 5.25. The number of urea groups is 1. The Kier molecular flexibility index (Phi) is 6.97. The number of hydrogen-bond acceptors (Lipinski definition) is 5. The van der Waals surface area contributed by atoms with Crippen LogP contribution in [0.3, 0.4) is 0 Å². The molecule has 2 aromatic rings. The number of rotatable bonds is 6. The lowest BCUT2D eigenvalue weighted by Gasteiger charge is -2.32. The van der Waals surface area contributed by atoms with Crippen LogP contribution in [0.1, 0.15) is 12.8 Å². The van der Waals surface area contributed by atoms with Gasteiger partial charge < -0.3 is 15.0 Å². The molecular weight excluding hydrogens is 466 g/mol. The molecule has 1 saturated heterocycles. The molecule has 0 spiro atoms. The Morgan fingerprint density at radius 1 is 1.25 bits per heavy atom. The first-order valence-electron chi connectivity index (χ1n) is 8.83. The van der Waals surface area contributed by atoms with Crippen molar-refractivity contribution in [1.82, 2.24) is 9.62 Å². The van der Waals surface area contributed by atoms with E-state index >= 15 is 0 Å². The summed E-state index contributed by atoms with van der Waals surface area (Å²) >= 11 is 4.46. The van der Waals surface area contributed by atoms with Gasteiger partial charge in [0.15, 0.2) is 0 Å². The topological polar surface area (TPSA) is 87.7 Å². The number of halogens is 1. The van der Waals surface area contributed by atoms with E-state index < -0.39 is 10.0 Å². The van der Waals surface area contributed by atoms with Crippen LogP contribution in [0.15, 0.2) is 44.4 Å². The number of likely N-dealkylation sites (tertiary alicyclic amines) is 1. The lowest BCUT2D eigenvalue weighted by molar-refractivity contribution is 0.183. The molecule has 0 bridgehead atoms. The second-order valence-corrected chi connectivity index (χ2v) is 10.9. The molecule has 7 nitrogen and oxygen atoms in total. The number of methoxy groups -OCH3 is 1. The molecule has 28 heavy (non-hydrogen) atoms. The van der Waals surface area contributed by atoms with Gasteiger partial charge in [0.1, 0.15) is 9.96 Å². The summed E-state index contributed by atoms with van der Waals surface area (Å²) in [7, 11) is -1.92. The SMILES string of the molecule is COc1ccccc1NC(=O)N1CCC(CNS(=O)(=O)c2ccc(Br)s2)CC1. The molecule has 0 atom stereocenters. The first kappa shape index (κ1) is 21.1. The minimum Gasteiger partial charge on any atom is -0.495 e. The van der Waals surface area contributed by atoms with Crippen LogP contribution in [0.25, 0.3) is 0 Å². The predicted octanol–water partition coefficient (Wildman–Crippen LogP) is 3.74. The molecule has 3 rings (SSSR count). The minimum absolute atomic E-state index is 0.174. The number of piperidine rings is 1. The number of thiophene rings is 1. The fourth-order valence-electron chi connectivity index (χ4n) is 3.02. The molecule has 1 fully saturated rings. The van der Waals surface area contributed by atoms with Gasteiger partial charge in [-0.1, -0.05) is 12.1 Å². The molecule has 1 aliphatic heterocycles. The molecule has 10 heteroatoms. The summed E-state index contributed by atoms with van der Waals surface area (Å²) in [4.78, 5) is 14.2. The van der Waals surface area contributed by atoms with Gasteiger partial charge >= 0.3 is 6.03 Å². The molecule has 0 saturated carbocycles. The van der Waals surface area contributed by atoms with Crippen LogP contribution in [0.5, 0.6) is 5.75 Å². The molecule has 2 heterocycles. The minimum atomic E-state index is -3.49. The van der Waals surface area contributed by atoms with Gasteiger partial charge in [-0.25, -0.2) is 17.9 Å². The smallest absolute Gasteiger partial charge is 0.321 e. The number of nitrogens with zero attached hydrogens (tertiary/aromatic N) is 1. The summed E-state index contributed by atoms with van der Waals surface area (Å²) in [6.07, 6.45) is 1.49. The monoisotopic (exact) mass is 487 g/mol. The van der Waals surface area contributed by atoms with Crippen LogP contribution in [0.4, 0.5) is 10.5 Å². The van der Waals surface area contributed by atoms with Gasteiger partial charge in [-0.15, -0.1) is 11.3 Å². The van der Waals surface area contributed by atoms with Crippen molar-refractivity contribution in [2.75, 3.05) is 32.1 Å². The van der Waals surface area contributed by atoms with Crippen molar-refractivity contribution in [3.05, 3.63) is 40.2 Å². The Hall–Kier alpha value is -1.62. The zero-order valence-corrected chi connectivity index (χ0v) is 18.6. The summed E-state index contributed by atoms with van der Waals surface area (Å²) in [5.74, 6) is 0.814. The van der Waals surface area contributed by atoms with E-state index in [9.17, 15) is 13.2 Å². The number of nitrogens with one attached hydrogen (secondary N) is 2. The van der Waals surface area contributed by atoms with Gasteiger partial charge in [-0.05, 0) is 59.0 Å². The number of ether oxygens (including phenoxy) is 1. The van der Waals surface area contributed by atoms with Crippen molar-refractivity contribution < 1.29 is 17.9 Å². The molecular formula is C18H22BrN3O4S2. The van der Waals surface area contributed by atoms with Crippen LogP contribution >= 0.6 is 27.3 Å². The van der Waals surface area contributed by atoms with Crippen LogP contribution in [0, 0.1) is 5.92 Å². The standard InChI is InChI=1S/C18H22BrN3O4S2/c1-26-15-5-3-2-4-14(15)21-18(23)22-10-8-13(9-11-22)12-20-28(24,25)17-7-6-16(19)27-17/h2-7,13,20H,8-12H2,1H3,(H,21,23). The van der Waals surface area contributed by atoms with Gasteiger partial charge in [0.05, 0.1) is 16.6 Å². The van der Waals surface area contributed by atoms with E-state index in [4.69, 9.17) is 4.74 Å². The fourth-order valence-corrected chi connectivity index (χ4v) is 6.19. The maximum absolute atomic E-state index is 12.5. The number of para-hydroxylation sites is 2. The summed E-state index contributed by atoms with van der Waals surface area (Å²) in [5.41, 5.74) is 0.631.